The van der Waals surface area contributed by atoms with E-state index in [0.717, 1.165) is 6.33 Å². The summed E-state index contributed by atoms with van der Waals surface area (Å²) in [6, 6.07) is 1.43. The third-order valence-electron chi connectivity index (χ3n) is 3.85. The molecular weight excluding hydrogens is 451 g/mol. The Kier molecular flexibility index (Phi) is 6.77. The number of rotatable bonds is 7. The van der Waals surface area contributed by atoms with Crippen LogP contribution in [0.4, 0.5) is 18.3 Å². The summed E-state index contributed by atoms with van der Waals surface area (Å²) in [5, 5.41) is 2.04. The van der Waals surface area contributed by atoms with Crippen LogP contribution in [-0.4, -0.2) is 46.2 Å². The SMILES string of the molecule is COc1ncnc(OC)c1C(=O)Nc1nc(C(F)(F)F)c(-c2cncc(OC(C)C)c2)s1. The lowest BCUT2D eigenvalue weighted by Crippen LogP contribution is -2.16. The quantitative estimate of drug-likeness (QED) is 0.552. The smallest absolute Gasteiger partial charge is 0.434 e. The summed E-state index contributed by atoms with van der Waals surface area (Å²) in [5.74, 6) is -0.751. The molecule has 9 nitrogen and oxygen atoms in total. The van der Waals surface area contributed by atoms with E-state index < -0.39 is 17.8 Å². The van der Waals surface area contributed by atoms with Crippen LogP contribution in [0.15, 0.2) is 24.8 Å². The van der Waals surface area contributed by atoms with Crippen molar-refractivity contribution in [2.75, 3.05) is 19.5 Å². The number of hydrogen-bond donors (Lipinski definition) is 1. The predicted octanol–water partition coefficient (Wildman–Crippen LogP) is 4.07. The molecule has 3 aromatic rings. The molecule has 1 N–H and O–H groups in total. The standard InChI is InChI=1S/C19H18F3N5O4S/c1-9(2)31-11-5-10(6-23-7-11)13-14(19(20,21)22)26-18(32-13)27-15(28)12-16(29-3)24-8-25-17(12)30-4/h5-9H,1-4H3,(H,26,27,28). The highest BCUT2D eigenvalue weighted by Gasteiger charge is 2.38. The van der Waals surface area contributed by atoms with Gasteiger partial charge in [-0.15, -0.1) is 0 Å². The summed E-state index contributed by atoms with van der Waals surface area (Å²) in [7, 11) is 2.56. The van der Waals surface area contributed by atoms with Crippen molar-refractivity contribution in [3.63, 3.8) is 0 Å². The number of alkyl halides is 3. The largest absolute Gasteiger partial charge is 0.489 e. The van der Waals surface area contributed by atoms with E-state index >= 15 is 0 Å². The van der Waals surface area contributed by atoms with Crippen molar-refractivity contribution in [2.24, 2.45) is 0 Å². The molecule has 3 heterocycles. The van der Waals surface area contributed by atoms with Crippen LogP contribution in [0.25, 0.3) is 10.4 Å². The van der Waals surface area contributed by atoms with Crippen molar-refractivity contribution in [1.29, 1.82) is 0 Å². The number of nitrogens with zero attached hydrogens (tertiary/aromatic N) is 4. The highest BCUT2D eigenvalue weighted by Crippen LogP contribution is 2.42. The Balaban J connectivity index is 2.01. The molecule has 0 saturated heterocycles. The van der Waals surface area contributed by atoms with Gasteiger partial charge in [-0.3, -0.25) is 15.1 Å². The number of aromatic nitrogens is 4. The number of pyridine rings is 1. The molecule has 0 radical (unpaired) electrons. The molecule has 32 heavy (non-hydrogen) atoms. The summed E-state index contributed by atoms with van der Waals surface area (Å²) in [5.41, 5.74) is -1.20. The Labute approximate surface area is 184 Å². The van der Waals surface area contributed by atoms with Crippen molar-refractivity contribution in [2.45, 2.75) is 26.1 Å². The summed E-state index contributed by atoms with van der Waals surface area (Å²) in [6.07, 6.45) is -1.18. The van der Waals surface area contributed by atoms with E-state index in [0.29, 0.717) is 17.1 Å². The third kappa shape index (κ3) is 5.04. The zero-order valence-electron chi connectivity index (χ0n) is 17.4. The Morgan fingerprint density at radius 1 is 1.12 bits per heavy atom. The second kappa shape index (κ2) is 9.34. The molecule has 0 aliphatic rings. The molecule has 0 unspecified atom stereocenters. The van der Waals surface area contributed by atoms with Crippen LogP contribution in [0.2, 0.25) is 0 Å². The molecule has 0 spiro atoms. The minimum Gasteiger partial charge on any atom is -0.489 e. The fourth-order valence-electron chi connectivity index (χ4n) is 2.66. The van der Waals surface area contributed by atoms with Gasteiger partial charge in [-0.05, 0) is 19.9 Å². The molecule has 0 aromatic carbocycles. The van der Waals surface area contributed by atoms with E-state index in [1.807, 2.05) is 0 Å². The number of halogens is 3. The Hall–Kier alpha value is -3.48. The number of amides is 1. The normalized spacial score (nSPS) is 11.4. The topological polar surface area (TPSA) is 108 Å². The number of thiazole rings is 1. The maximum absolute atomic E-state index is 13.7. The Morgan fingerprint density at radius 2 is 1.78 bits per heavy atom. The second-order valence-corrected chi connectivity index (χ2v) is 7.49. The van der Waals surface area contributed by atoms with Crippen molar-refractivity contribution in [3.05, 3.63) is 36.0 Å². The van der Waals surface area contributed by atoms with Gasteiger partial charge in [0, 0.05) is 11.8 Å². The van der Waals surface area contributed by atoms with E-state index in [2.05, 4.69) is 25.3 Å². The van der Waals surface area contributed by atoms with E-state index in [9.17, 15) is 18.0 Å². The highest BCUT2D eigenvalue weighted by molar-refractivity contribution is 7.19. The molecule has 0 fully saturated rings. The van der Waals surface area contributed by atoms with Crippen LogP contribution in [0.1, 0.15) is 29.9 Å². The fourth-order valence-corrected chi connectivity index (χ4v) is 3.62. The van der Waals surface area contributed by atoms with Crippen LogP contribution in [0.3, 0.4) is 0 Å². The molecular formula is C19H18F3N5O4S. The van der Waals surface area contributed by atoms with Crippen LogP contribution < -0.4 is 19.5 Å². The number of carbonyl (C=O) groups excluding carboxylic acids is 1. The van der Waals surface area contributed by atoms with Gasteiger partial charge in [0.15, 0.2) is 16.4 Å². The van der Waals surface area contributed by atoms with E-state index in [-0.39, 0.29) is 39.0 Å². The molecule has 0 atom stereocenters. The molecule has 0 bridgehead atoms. The lowest BCUT2D eigenvalue weighted by molar-refractivity contribution is -0.140. The average Bonchev–Trinajstić information content (AvgIpc) is 3.17. The number of ether oxygens (including phenoxy) is 3. The van der Waals surface area contributed by atoms with Gasteiger partial charge in [0.05, 0.1) is 31.4 Å². The zero-order valence-corrected chi connectivity index (χ0v) is 18.2. The summed E-state index contributed by atoms with van der Waals surface area (Å²) >= 11 is 0.636. The van der Waals surface area contributed by atoms with Gasteiger partial charge in [0.25, 0.3) is 5.91 Å². The molecule has 0 saturated carbocycles. The number of methoxy groups -OCH3 is 2. The Morgan fingerprint density at radius 3 is 2.34 bits per heavy atom. The molecule has 3 aromatic heterocycles. The number of carbonyl (C=O) groups is 1. The first-order valence-corrected chi connectivity index (χ1v) is 9.90. The molecule has 1 amide bonds. The number of anilines is 1. The maximum Gasteiger partial charge on any atom is 0.434 e. The fraction of sp³-hybridized carbons (Fsp3) is 0.316. The zero-order chi connectivity index (χ0) is 23.5. The van der Waals surface area contributed by atoms with Crippen molar-refractivity contribution < 1.29 is 32.2 Å². The predicted molar refractivity (Wildman–Crippen MR) is 109 cm³/mol. The van der Waals surface area contributed by atoms with Crippen molar-refractivity contribution >= 4 is 22.4 Å². The van der Waals surface area contributed by atoms with Gasteiger partial charge in [-0.1, -0.05) is 11.3 Å². The lowest BCUT2D eigenvalue weighted by Gasteiger charge is -2.10. The number of hydrogen-bond acceptors (Lipinski definition) is 9. The number of nitrogens with one attached hydrogen (secondary N) is 1. The van der Waals surface area contributed by atoms with E-state index in [4.69, 9.17) is 14.2 Å². The summed E-state index contributed by atoms with van der Waals surface area (Å²) in [6.45, 7) is 3.56. The van der Waals surface area contributed by atoms with E-state index in [1.54, 1.807) is 13.8 Å². The molecule has 3 rings (SSSR count). The van der Waals surface area contributed by atoms with Gasteiger partial charge in [-0.25, -0.2) is 15.0 Å². The van der Waals surface area contributed by atoms with Gasteiger partial charge in [-0.2, -0.15) is 13.2 Å². The minimum atomic E-state index is -4.77. The van der Waals surface area contributed by atoms with Crippen LogP contribution in [0, 0.1) is 0 Å². The van der Waals surface area contributed by atoms with Crippen molar-refractivity contribution in [1.82, 2.24) is 19.9 Å². The molecule has 170 valence electrons. The minimum absolute atomic E-state index is 0.107. The Bertz CT molecular complexity index is 1100. The second-order valence-electron chi connectivity index (χ2n) is 6.49. The van der Waals surface area contributed by atoms with Crippen molar-refractivity contribution in [3.8, 4) is 28.0 Å². The van der Waals surface area contributed by atoms with Gasteiger partial charge >= 0.3 is 6.18 Å². The molecule has 13 heteroatoms. The highest BCUT2D eigenvalue weighted by atomic mass is 32.1. The van der Waals surface area contributed by atoms with E-state index in [1.165, 1.54) is 32.7 Å². The average molecular weight is 469 g/mol. The van der Waals surface area contributed by atoms with Gasteiger partial charge < -0.3 is 14.2 Å². The van der Waals surface area contributed by atoms with Crippen LogP contribution >= 0.6 is 11.3 Å². The first-order chi connectivity index (χ1) is 15.1. The van der Waals surface area contributed by atoms with Crippen LogP contribution in [-0.2, 0) is 6.18 Å². The molecule has 0 aliphatic carbocycles. The summed E-state index contributed by atoms with van der Waals surface area (Å²) < 4.78 is 56.6. The summed E-state index contributed by atoms with van der Waals surface area (Å²) in [4.78, 5) is 27.7. The van der Waals surface area contributed by atoms with Gasteiger partial charge in [0.2, 0.25) is 11.8 Å². The monoisotopic (exact) mass is 469 g/mol. The first kappa shape index (κ1) is 23.2. The third-order valence-corrected chi connectivity index (χ3v) is 4.87. The maximum atomic E-state index is 13.7. The van der Waals surface area contributed by atoms with Gasteiger partial charge in [0.1, 0.15) is 12.1 Å². The molecule has 0 aliphatic heterocycles. The first-order valence-electron chi connectivity index (χ1n) is 9.08. The van der Waals surface area contributed by atoms with Crippen LogP contribution in [0.5, 0.6) is 17.5 Å². The lowest BCUT2D eigenvalue weighted by atomic mass is 10.2.